The van der Waals surface area contributed by atoms with Gasteiger partial charge in [0.15, 0.2) is 0 Å². The van der Waals surface area contributed by atoms with Gasteiger partial charge in [-0.25, -0.2) is 0 Å². The van der Waals surface area contributed by atoms with Crippen LogP contribution in [0.25, 0.3) is 5.57 Å². The quantitative estimate of drug-likeness (QED) is 0.383. The molecule has 2 nitrogen and oxygen atoms in total. The molecule has 0 bridgehead atoms. The number of allylic oxidation sites excluding steroid dienone is 1. The van der Waals surface area contributed by atoms with Crippen LogP contribution in [-0.4, -0.2) is 0 Å². The predicted octanol–water partition coefficient (Wildman–Crippen LogP) is 7.57. The number of hydrogen-bond donors (Lipinski definition) is 2. The van der Waals surface area contributed by atoms with Gasteiger partial charge in [-0.2, -0.15) is 0 Å². The summed E-state index contributed by atoms with van der Waals surface area (Å²) in [7, 11) is 0. The number of hydrogen-bond acceptors (Lipinski definition) is 2. The van der Waals surface area contributed by atoms with E-state index >= 15 is 0 Å². The molecule has 2 aliphatic rings. The Kier molecular flexibility index (Phi) is 4.24. The summed E-state index contributed by atoms with van der Waals surface area (Å²) in [6.07, 6.45) is 3.51. The molecule has 2 heteroatoms. The third-order valence-corrected chi connectivity index (χ3v) is 6.17. The molecule has 1 fully saturated rings. The van der Waals surface area contributed by atoms with E-state index in [2.05, 4.69) is 86.9 Å². The first kappa shape index (κ1) is 18.1. The molecule has 0 amide bonds. The van der Waals surface area contributed by atoms with Crippen LogP contribution in [0.4, 0.5) is 22.7 Å². The van der Waals surface area contributed by atoms with Crippen LogP contribution in [0.1, 0.15) is 53.1 Å². The summed E-state index contributed by atoms with van der Waals surface area (Å²) in [5.74, 6) is 0. The molecule has 0 spiro atoms. The van der Waals surface area contributed by atoms with Gasteiger partial charge in [0.05, 0.1) is 0 Å². The number of fused-ring (bicyclic) bond motifs is 2. The van der Waals surface area contributed by atoms with Crippen molar-refractivity contribution in [2.45, 2.75) is 47.0 Å². The van der Waals surface area contributed by atoms with Gasteiger partial charge in [-0.1, -0.05) is 36.3 Å². The predicted molar refractivity (Wildman–Crippen MR) is 125 cm³/mol. The first-order valence-corrected chi connectivity index (χ1v) is 10.6. The minimum Gasteiger partial charge on any atom is -0.355 e. The van der Waals surface area contributed by atoms with Crippen LogP contribution in [0, 0.1) is 20.8 Å². The molecule has 0 aromatic heterocycles. The standard InChI is InChI=1S/C27H28N2/c1-5-19-7-11-24-21(14-19)27(20-8-9-20)22-15-25(18(4)13-26(22)29-24)28-23-10-6-16(2)12-17(23)3/h6-7,10-15,28-29H,5,8-9H2,1-4H3. The molecular weight excluding hydrogens is 352 g/mol. The number of anilines is 4. The van der Waals surface area contributed by atoms with Crippen molar-refractivity contribution in [3.8, 4) is 0 Å². The Morgan fingerprint density at radius 3 is 2.28 bits per heavy atom. The third kappa shape index (κ3) is 3.23. The van der Waals surface area contributed by atoms with Crippen LogP contribution in [0.3, 0.4) is 0 Å². The summed E-state index contributed by atoms with van der Waals surface area (Å²) >= 11 is 0. The van der Waals surface area contributed by atoms with Crippen LogP contribution in [0.15, 0.2) is 54.1 Å². The average Bonchev–Trinajstić information content (AvgIpc) is 3.53. The fraction of sp³-hybridized carbons (Fsp3) is 0.259. The molecule has 5 rings (SSSR count). The van der Waals surface area contributed by atoms with Crippen LogP contribution >= 0.6 is 0 Å². The van der Waals surface area contributed by atoms with Crippen molar-refractivity contribution in [3.05, 3.63) is 87.5 Å². The molecular formula is C27H28N2. The smallest absolute Gasteiger partial charge is 0.0468 e. The molecule has 1 aliphatic heterocycles. The fourth-order valence-corrected chi connectivity index (χ4v) is 4.36. The summed E-state index contributed by atoms with van der Waals surface area (Å²) in [4.78, 5) is 0. The van der Waals surface area contributed by atoms with E-state index in [1.54, 1.807) is 5.57 Å². The van der Waals surface area contributed by atoms with Crippen LogP contribution in [-0.2, 0) is 6.42 Å². The van der Waals surface area contributed by atoms with Crippen molar-refractivity contribution in [1.29, 1.82) is 0 Å². The van der Waals surface area contributed by atoms with Crippen molar-refractivity contribution in [3.63, 3.8) is 0 Å². The lowest BCUT2D eigenvalue weighted by molar-refractivity contribution is 1.14. The number of nitrogens with one attached hydrogen (secondary N) is 2. The zero-order chi connectivity index (χ0) is 20.1. The van der Waals surface area contributed by atoms with E-state index in [9.17, 15) is 0 Å². The second kappa shape index (κ2) is 6.81. The minimum atomic E-state index is 1.07. The largest absolute Gasteiger partial charge is 0.355 e. The fourth-order valence-electron chi connectivity index (χ4n) is 4.36. The van der Waals surface area contributed by atoms with Gasteiger partial charge in [-0.05, 0) is 92.6 Å². The van der Waals surface area contributed by atoms with Crippen molar-refractivity contribution in [1.82, 2.24) is 0 Å². The van der Waals surface area contributed by atoms with Crippen LogP contribution in [0.5, 0.6) is 0 Å². The number of aryl methyl sites for hydroxylation is 4. The first-order valence-electron chi connectivity index (χ1n) is 10.6. The molecule has 29 heavy (non-hydrogen) atoms. The van der Waals surface area contributed by atoms with Gasteiger partial charge in [0.1, 0.15) is 0 Å². The SMILES string of the molecule is CCc1ccc2c(c1)C(=C1CC1)c1cc(Nc3ccc(C)cc3C)c(C)cc1N2. The second-order valence-electron chi connectivity index (χ2n) is 8.49. The van der Waals surface area contributed by atoms with Crippen LogP contribution < -0.4 is 10.6 Å². The zero-order valence-electron chi connectivity index (χ0n) is 17.7. The van der Waals surface area contributed by atoms with Gasteiger partial charge in [0.25, 0.3) is 0 Å². The first-order chi connectivity index (χ1) is 14.0. The van der Waals surface area contributed by atoms with Gasteiger partial charge in [0.2, 0.25) is 0 Å². The lowest BCUT2D eigenvalue weighted by Crippen LogP contribution is -2.08. The highest BCUT2D eigenvalue weighted by Crippen LogP contribution is 2.49. The van der Waals surface area contributed by atoms with E-state index in [1.807, 2.05) is 0 Å². The van der Waals surface area contributed by atoms with Crippen molar-refractivity contribution in [2.75, 3.05) is 10.6 Å². The Morgan fingerprint density at radius 2 is 1.55 bits per heavy atom. The Morgan fingerprint density at radius 1 is 0.793 bits per heavy atom. The molecule has 1 saturated carbocycles. The third-order valence-electron chi connectivity index (χ3n) is 6.17. The van der Waals surface area contributed by atoms with Gasteiger partial charge < -0.3 is 10.6 Å². The van der Waals surface area contributed by atoms with Crippen molar-refractivity contribution in [2.24, 2.45) is 0 Å². The Labute approximate surface area is 173 Å². The Hall–Kier alpha value is -3.00. The summed E-state index contributed by atoms with van der Waals surface area (Å²) in [6, 6.07) is 18.1. The van der Waals surface area contributed by atoms with Crippen molar-refractivity contribution < 1.29 is 0 Å². The summed E-state index contributed by atoms with van der Waals surface area (Å²) in [5.41, 5.74) is 15.8. The zero-order valence-corrected chi connectivity index (χ0v) is 17.7. The van der Waals surface area contributed by atoms with Gasteiger partial charge in [0, 0.05) is 33.9 Å². The average molecular weight is 381 g/mol. The molecule has 0 saturated heterocycles. The minimum absolute atomic E-state index is 1.07. The van der Waals surface area contributed by atoms with E-state index < -0.39 is 0 Å². The number of benzene rings is 3. The van der Waals surface area contributed by atoms with Crippen molar-refractivity contribution >= 4 is 28.3 Å². The molecule has 1 aliphatic carbocycles. The maximum Gasteiger partial charge on any atom is 0.0468 e. The summed E-state index contributed by atoms with van der Waals surface area (Å²) in [6.45, 7) is 8.73. The molecule has 146 valence electrons. The normalized spacial score (nSPS) is 14.2. The van der Waals surface area contributed by atoms with E-state index in [1.165, 1.54) is 74.5 Å². The number of rotatable bonds is 3. The maximum absolute atomic E-state index is 3.69. The highest BCUT2D eigenvalue weighted by Gasteiger charge is 2.28. The van der Waals surface area contributed by atoms with Gasteiger partial charge in [-0.3, -0.25) is 0 Å². The van der Waals surface area contributed by atoms with E-state index in [4.69, 9.17) is 0 Å². The monoisotopic (exact) mass is 380 g/mol. The Bertz CT molecular complexity index is 1160. The molecule has 3 aromatic carbocycles. The lowest BCUT2D eigenvalue weighted by Gasteiger charge is -2.27. The highest BCUT2D eigenvalue weighted by molar-refractivity contribution is 6.00. The molecule has 2 N–H and O–H groups in total. The molecule has 0 atom stereocenters. The second-order valence-corrected chi connectivity index (χ2v) is 8.49. The van der Waals surface area contributed by atoms with E-state index in [0.29, 0.717) is 0 Å². The van der Waals surface area contributed by atoms with Gasteiger partial charge >= 0.3 is 0 Å². The summed E-state index contributed by atoms with van der Waals surface area (Å²) in [5, 5.41) is 7.39. The molecule has 0 radical (unpaired) electrons. The van der Waals surface area contributed by atoms with Gasteiger partial charge in [-0.15, -0.1) is 0 Å². The molecule has 1 heterocycles. The highest BCUT2D eigenvalue weighted by atomic mass is 14.9. The topological polar surface area (TPSA) is 24.1 Å². The Balaban J connectivity index is 1.62. The van der Waals surface area contributed by atoms with Crippen LogP contribution in [0.2, 0.25) is 0 Å². The maximum atomic E-state index is 3.69. The van der Waals surface area contributed by atoms with E-state index in [0.717, 1.165) is 6.42 Å². The molecule has 3 aromatic rings. The molecule has 0 unspecified atom stereocenters. The summed E-state index contributed by atoms with van der Waals surface area (Å²) < 4.78 is 0. The van der Waals surface area contributed by atoms with E-state index in [-0.39, 0.29) is 0 Å². The lowest BCUT2D eigenvalue weighted by atomic mass is 9.88.